The molecular formula is C13H21N5. The molecule has 0 amide bonds. The summed E-state index contributed by atoms with van der Waals surface area (Å²) in [5, 5.41) is 7.77. The molecule has 98 valence electrons. The third-order valence-electron chi connectivity index (χ3n) is 3.15. The van der Waals surface area contributed by atoms with E-state index in [9.17, 15) is 0 Å². The summed E-state index contributed by atoms with van der Waals surface area (Å²) in [6.45, 7) is 6.11. The molecule has 0 saturated heterocycles. The fourth-order valence-electron chi connectivity index (χ4n) is 2.00. The van der Waals surface area contributed by atoms with Crippen LogP contribution in [0.5, 0.6) is 0 Å². The molecule has 5 nitrogen and oxygen atoms in total. The molecule has 1 atom stereocenters. The second kappa shape index (κ2) is 5.82. The predicted molar refractivity (Wildman–Crippen MR) is 71.2 cm³/mol. The molecule has 0 aliphatic heterocycles. The smallest absolute Gasteiger partial charge is 0.110 e. The Bertz CT molecular complexity index is 485. The van der Waals surface area contributed by atoms with Crippen LogP contribution < -0.4 is 5.32 Å². The second-order valence-corrected chi connectivity index (χ2v) is 4.52. The first-order valence-corrected chi connectivity index (χ1v) is 6.42. The number of hydrogen-bond acceptors (Lipinski definition) is 3. The van der Waals surface area contributed by atoms with Gasteiger partial charge in [-0.15, -0.1) is 0 Å². The molecule has 2 aromatic rings. The quantitative estimate of drug-likeness (QED) is 0.842. The van der Waals surface area contributed by atoms with Gasteiger partial charge in [-0.05, 0) is 13.5 Å². The highest BCUT2D eigenvalue weighted by atomic mass is 15.3. The minimum absolute atomic E-state index is 0.358. The van der Waals surface area contributed by atoms with Gasteiger partial charge in [0.2, 0.25) is 0 Å². The number of nitrogens with one attached hydrogen (secondary N) is 1. The van der Waals surface area contributed by atoms with Gasteiger partial charge in [0.1, 0.15) is 5.82 Å². The van der Waals surface area contributed by atoms with Crippen LogP contribution in [0.15, 0.2) is 24.8 Å². The van der Waals surface area contributed by atoms with Crippen molar-refractivity contribution in [2.24, 2.45) is 7.05 Å². The third-order valence-corrected chi connectivity index (χ3v) is 3.15. The molecule has 1 unspecified atom stereocenters. The molecule has 2 rings (SSSR count). The number of rotatable bonds is 6. The fourth-order valence-corrected chi connectivity index (χ4v) is 2.00. The zero-order valence-corrected chi connectivity index (χ0v) is 11.3. The monoisotopic (exact) mass is 247 g/mol. The van der Waals surface area contributed by atoms with E-state index < -0.39 is 0 Å². The minimum Gasteiger partial charge on any atom is -0.338 e. The van der Waals surface area contributed by atoms with Crippen LogP contribution in [-0.2, 0) is 20.0 Å². The van der Waals surface area contributed by atoms with E-state index in [0.29, 0.717) is 6.04 Å². The summed E-state index contributed by atoms with van der Waals surface area (Å²) in [5.74, 6) is 1.09. The van der Waals surface area contributed by atoms with E-state index in [1.807, 2.05) is 34.9 Å². The van der Waals surface area contributed by atoms with Crippen LogP contribution in [0.25, 0.3) is 0 Å². The van der Waals surface area contributed by atoms with E-state index in [1.165, 1.54) is 5.56 Å². The van der Waals surface area contributed by atoms with Crippen molar-refractivity contribution in [3.8, 4) is 0 Å². The molecule has 0 fully saturated rings. The van der Waals surface area contributed by atoms with E-state index in [-0.39, 0.29) is 0 Å². The highest BCUT2D eigenvalue weighted by Crippen LogP contribution is 2.10. The van der Waals surface area contributed by atoms with Gasteiger partial charge >= 0.3 is 0 Å². The van der Waals surface area contributed by atoms with Crippen molar-refractivity contribution in [1.29, 1.82) is 0 Å². The van der Waals surface area contributed by atoms with Crippen LogP contribution in [0.4, 0.5) is 0 Å². The van der Waals surface area contributed by atoms with Gasteiger partial charge in [-0.1, -0.05) is 6.92 Å². The highest BCUT2D eigenvalue weighted by molar-refractivity contribution is 5.09. The van der Waals surface area contributed by atoms with Crippen molar-refractivity contribution in [2.75, 3.05) is 6.54 Å². The first kappa shape index (κ1) is 12.8. The molecule has 2 heterocycles. The summed E-state index contributed by atoms with van der Waals surface area (Å²) in [6, 6.07) is 0.358. The van der Waals surface area contributed by atoms with Crippen molar-refractivity contribution in [2.45, 2.75) is 32.9 Å². The largest absolute Gasteiger partial charge is 0.338 e. The summed E-state index contributed by atoms with van der Waals surface area (Å²) >= 11 is 0. The van der Waals surface area contributed by atoms with E-state index in [0.717, 1.165) is 25.3 Å². The van der Waals surface area contributed by atoms with Gasteiger partial charge in [0.05, 0.1) is 6.20 Å². The van der Waals surface area contributed by atoms with Crippen molar-refractivity contribution in [1.82, 2.24) is 24.6 Å². The normalized spacial score (nSPS) is 12.8. The maximum absolute atomic E-state index is 4.39. The first-order valence-electron chi connectivity index (χ1n) is 6.42. The zero-order chi connectivity index (χ0) is 13.0. The zero-order valence-electron chi connectivity index (χ0n) is 11.3. The maximum atomic E-state index is 4.39. The van der Waals surface area contributed by atoms with Crippen LogP contribution in [0.1, 0.15) is 31.3 Å². The van der Waals surface area contributed by atoms with Crippen molar-refractivity contribution < 1.29 is 0 Å². The van der Waals surface area contributed by atoms with Crippen LogP contribution >= 0.6 is 0 Å². The molecule has 0 aliphatic rings. The molecule has 0 radical (unpaired) electrons. The minimum atomic E-state index is 0.358. The summed E-state index contributed by atoms with van der Waals surface area (Å²) in [5.41, 5.74) is 1.23. The average Bonchev–Trinajstić information content (AvgIpc) is 2.96. The van der Waals surface area contributed by atoms with E-state index in [1.54, 1.807) is 0 Å². The molecule has 0 aromatic carbocycles. The lowest BCUT2D eigenvalue weighted by Gasteiger charge is -2.08. The van der Waals surface area contributed by atoms with E-state index >= 15 is 0 Å². The summed E-state index contributed by atoms with van der Waals surface area (Å²) < 4.78 is 4.03. The molecule has 0 spiro atoms. The molecule has 5 heteroatoms. The molecule has 18 heavy (non-hydrogen) atoms. The van der Waals surface area contributed by atoms with Gasteiger partial charge in [-0.25, -0.2) is 4.98 Å². The molecular weight excluding hydrogens is 226 g/mol. The Labute approximate surface area is 108 Å². The Morgan fingerprint density at radius 3 is 2.94 bits per heavy atom. The van der Waals surface area contributed by atoms with Crippen LogP contribution in [0.3, 0.4) is 0 Å². The maximum Gasteiger partial charge on any atom is 0.110 e. The van der Waals surface area contributed by atoms with Gasteiger partial charge in [0, 0.05) is 50.2 Å². The number of imidazole rings is 1. The standard InChI is InChI=1S/C13H21N5/c1-4-14-11(2)12-9-16-18(10-12)7-5-13-15-6-8-17(13)3/h6,8-11,14H,4-5,7H2,1-3H3. The van der Waals surface area contributed by atoms with Gasteiger partial charge < -0.3 is 9.88 Å². The first-order chi connectivity index (χ1) is 8.70. The van der Waals surface area contributed by atoms with Crippen molar-refractivity contribution in [3.05, 3.63) is 36.2 Å². The number of nitrogens with zero attached hydrogens (tertiary/aromatic N) is 4. The van der Waals surface area contributed by atoms with Gasteiger partial charge in [-0.3, -0.25) is 4.68 Å². The van der Waals surface area contributed by atoms with E-state index in [2.05, 4.69) is 35.4 Å². The Balaban J connectivity index is 1.93. The Hall–Kier alpha value is -1.62. The average molecular weight is 247 g/mol. The number of aromatic nitrogens is 4. The lowest BCUT2D eigenvalue weighted by atomic mass is 10.2. The second-order valence-electron chi connectivity index (χ2n) is 4.52. The topological polar surface area (TPSA) is 47.7 Å². The number of hydrogen-bond donors (Lipinski definition) is 1. The third kappa shape index (κ3) is 2.98. The summed E-state index contributed by atoms with van der Waals surface area (Å²) in [6.07, 6.45) is 8.75. The van der Waals surface area contributed by atoms with Crippen LogP contribution in [0.2, 0.25) is 0 Å². The number of aryl methyl sites for hydroxylation is 3. The molecule has 0 saturated carbocycles. The fraction of sp³-hybridized carbons (Fsp3) is 0.538. The molecule has 1 N–H and O–H groups in total. The SMILES string of the molecule is CCNC(C)c1cnn(CCc2nccn2C)c1. The summed E-state index contributed by atoms with van der Waals surface area (Å²) in [7, 11) is 2.02. The van der Waals surface area contributed by atoms with Crippen molar-refractivity contribution >= 4 is 0 Å². The van der Waals surface area contributed by atoms with Crippen LogP contribution in [0, 0.1) is 0 Å². The van der Waals surface area contributed by atoms with Crippen LogP contribution in [-0.4, -0.2) is 25.9 Å². The lowest BCUT2D eigenvalue weighted by Crippen LogP contribution is -2.17. The molecule has 0 aliphatic carbocycles. The van der Waals surface area contributed by atoms with Gasteiger partial charge in [0.15, 0.2) is 0 Å². The van der Waals surface area contributed by atoms with Crippen molar-refractivity contribution in [3.63, 3.8) is 0 Å². The molecule has 0 bridgehead atoms. The Morgan fingerprint density at radius 2 is 2.28 bits per heavy atom. The predicted octanol–water partition coefficient (Wildman–Crippen LogP) is 1.53. The Kier molecular flexibility index (Phi) is 4.15. The summed E-state index contributed by atoms with van der Waals surface area (Å²) in [4.78, 5) is 4.31. The lowest BCUT2D eigenvalue weighted by molar-refractivity contribution is 0.580. The van der Waals surface area contributed by atoms with Gasteiger partial charge in [-0.2, -0.15) is 5.10 Å². The highest BCUT2D eigenvalue weighted by Gasteiger charge is 2.07. The Morgan fingerprint density at radius 1 is 1.44 bits per heavy atom. The van der Waals surface area contributed by atoms with E-state index in [4.69, 9.17) is 0 Å². The molecule has 2 aromatic heterocycles. The van der Waals surface area contributed by atoms with Gasteiger partial charge in [0.25, 0.3) is 0 Å².